The maximum atomic E-state index is 5.89. The quantitative estimate of drug-likeness (QED) is 0.906. The van der Waals surface area contributed by atoms with Gasteiger partial charge in [-0.15, -0.1) is 0 Å². The third kappa shape index (κ3) is 2.03. The molecule has 0 bridgehead atoms. The van der Waals surface area contributed by atoms with Crippen molar-refractivity contribution in [2.45, 2.75) is 25.7 Å². The van der Waals surface area contributed by atoms with Crippen LogP contribution in [0.1, 0.15) is 30.1 Å². The number of nitrogen functional groups attached to an aromatic ring is 1. The Hall–Kier alpha value is -2.11. The van der Waals surface area contributed by atoms with E-state index in [0.29, 0.717) is 23.4 Å². The Bertz CT molecular complexity index is 630. The third-order valence-corrected chi connectivity index (χ3v) is 3.35. The van der Waals surface area contributed by atoms with Crippen molar-refractivity contribution in [1.82, 2.24) is 19.7 Å². The maximum absolute atomic E-state index is 5.89. The molecule has 0 atom stereocenters. The number of hydrogen-bond acceptors (Lipinski definition) is 5. The Morgan fingerprint density at radius 3 is 2.74 bits per heavy atom. The number of aryl methyl sites for hydroxylation is 2. The fraction of sp³-hybridized carbons (Fsp3) is 0.462. The molecule has 6 nitrogen and oxygen atoms in total. The van der Waals surface area contributed by atoms with Crippen LogP contribution >= 0.6 is 0 Å². The van der Waals surface area contributed by atoms with Crippen molar-refractivity contribution in [3.63, 3.8) is 0 Å². The van der Waals surface area contributed by atoms with Gasteiger partial charge < -0.3 is 10.5 Å². The minimum absolute atomic E-state index is 0.497. The molecule has 2 aromatic rings. The second kappa shape index (κ2) is 4.22. The lowest BCUT2D eigenvalue weighted by Crippen LogP contribution is -2.01. The zero-order chi connectivity index (χ0) is 13.6. The van der Waals surface area contributed by atoms with E-state index in [1.54, 1.807) is 11.8 Å². The summed E-state index contributed by atoms with van der Waals surface area (Å²) in [5.74, 6) is 2.29. The van der Waals surface area contributed by atoms with Crippen LogP contribution in [0.3, 0.4) is 0 Å². The lowest BCUT2D eigenvalue weighted by Gasteiger charge is -2.06. The highest BCUT2D eigenvalue weighted by Crippen LogP contribution is 2.40. The Balaban J connectivity index is 2.16. The molecule has 1 aliphatic carbocycles. The molecule has 0 amide bonds. The fourth-order valence-corrected chi connectivity index (χ4v) is 2.31. The average Bonchev–Trinajstić information content (AvgIpc) is 3.14. The van der Waals surface area contributed by atoms with E-state index in [2.05, 4.69) is 15.1 Å². The van der Waals surface area contributed by atoms with Gasteiger partial charge in [-0.3, -0.25) is 0 Å². The van der Waals surface area contributed by atoms with Crippen LogP contribution in [0.5, 0.6) is 5.88 Å². The molecular formula is C13H17N5O. The minimum atomic E-state index is 0.497. The molecule has 0 aliphatic heterocycles. The summed E-state index contributed by atoms with van der Waals surface area (Å²) in [6.45, 7) is 1.92. The van der Waals surface area contributed by atoms with Gasteiger partial charge in [0.25, 0.3) is 0 Å². The topological polar surface area (TPSA) is 78.8 Å². The molecule has 6 heteroatoms. The van der Waals surface area contributed by atoms with Gasteiger partial charge in [-0.25, -0.2) is 14.6 Å². The number of aromatic nitrogens is 4. The van der Waals surface area contributed by atoms with Crippen molar-refractivity contribution >= 4 is 5.82 Å². The summed E-state index contributed by atoms with van der Waals surface area (Å²) >= 11 is 0. The number of hydrogen-bond donors (Lipinski definition) is 1. The molecule has 3 rings (SSSR count). The van der Waals surface area contributed by atoms with E-state index >= 15 is 0 Å². The SMILES string of the molecule is COc1c(-c2nc(N)cc(C3CC3)n2)c(C)nn1C. The Kier molecular flexibility index (Phi) is 2.66. The summed E-state index contributed by atoms with van der Waals surface area (Å²) in [7, 11) is 3.46. The number of rotatable bonds is 3. The van der Waals surface area contributed by atoms with Crippen molar-refractivity contribution < 1.29 is 4.74 Å². The van der Waals surface area contributed by atoms with E-state index in [9.17, 15) is 0 Å². The van der Waals surface area contributed by atoms with Gasteiger partial charge in [0.05, 0.1) is 12.8 Å². The van der Waals surface area contributed by atoms with Crippen molar-refractivity contribution in [3.05, 3.63) is 17.5 Å². The van der Waals surface area contributed by atoms with Crippen LogP contribution in [-0.4, -0.2) is 26.9 Å². The van der Waals surface area contributed by atoms with Gasteiger partial charge in [0.1, 0.15) is 11.4 Å². The van der Waals surface area contributed by atoms with Gasteiger partial charge in [-0.2, -0.15) is 5.10 Å². The van der Waals surface area contributed by atoms with Crippen LogP contribution in [-0.2, 0) is 7.05 Å². The minimum Gasteiger partial charge on any atom is -0.481 e. The number of nitrogens with zero attached hydrogens (tertiary/aromatic N) is 4. The summed E-state index contributed by atoms with van der Waals surface area (Å²) in [6.07, 6.45) is 2.36. The molecule has 0 spiro atoms. The first-order chi connectivity index (χ1) is 9.10. The van der Waals surface area contributed by atoms with Gasteiger partial charge in [0.15, 0.2) is 5.82 Å². The molecule has 1 aliphatic rings. The first-order valence-corrected chi connectivity index (χ1v) is 6.32. The summed E-state index contributed by atoms with van der Waals surface area (Å²) in [5.41, 5.74) is 8.57. The highest BCUT2D eigenvalue weighted by molar-refractivity contribution is 5.66. The van der Waals surface area contributed by atoms with Crippen molar-refractivity contribution in [3.8, 4) is 17.3 Å². The summed E-state index contributed by atoms with van der Waals surface area (Å²) in [6, 6.07) is 1.86. The lowest BCUT2D eigenvalue weighted by molar-refractivity contribution is 0.374. The van der Waals surface area contributed by atoms with E-state index in [-0.39, 0.29) is 0 Å². The van der Waals surface area contributed by atoms with Crippen LogP contribution in [0.4, 0.5) is 5.82 Å². The molecule has 0 aromatic carbocycles. The molecule has 0 radical (unpaired) electrons. The molecule has 2 N–H and O–H groups in total. The first-order valence-electron chi connectivity index (χ1n) is 6.32. The number of nitrogens with two attached hydrogens (primary N) is 1. The Morgan fingerprint density at radius 1 is 1.37 bits per heavy atom. The van der Waals surface area contributed by atoms with E-state index in [0.717, 1.165) is 17.0 Å². The molecule has 0 saturated heterocycles. The summed E-state index contributed by atoms with van der Waals surface area (Å²) < 4.78 is 7.08. The maximum Gasteiger partial charge on any atom is 0.222 e. The van der Waals surface area contributed by atoms with Crippen molar-refractivity contribution in [2.75, 3.05) is 12.8 Å². The predicted molar refractivity (Wildman–Crippen MR) is 71.9 cm³/mol. The molecular weight excluding hydrogens is 242 g/mol. The van der Waals surface area contributed by atoms with Crippen LogP contribution in [0.25, 0.3) is 11.4 Å². The first kappa shape index (κ1) is 12.0. The Labute approximate surface area is 111 Å². The largest absolute Gasteiger partial charge is 0.481 e. The second-order valence-electron chi connectivity index (χ2n) is 4.91. The number of anilines is 1. The van der Waals surface area contributed by atoms with E-state index < -0.39 is 0 Å². The van der Waals surface area contributed by atoms with Gasteiger partial charge in [-0.1, -0.05) is 0 Å². The summed E-state index contributed by atoms with van der Waals surface area (Å²) in [5, 5.41) is 4.35. The molecule has 19 heavy (non-hydrogen) atoms. The molecule has 1 saturated carbocycles. The van der Waals surface area contributed by atoms with Gasteiger partial charge >= 0.3 is 0 Å². The van der Waals surface area contributed by atoms with Gasteiger partial charge in [-0.05, 0) is 19.8 Å². The third-order valence-electron chi connectivity index (χ3n) is 3.35. The highest BCUT2D eigenvalue weighted by atomic mass is 16.5. The van der Waals surface area contributed by atoms with Crippen LogP contribution in [0.15, 0.2) is 6.07 Å². The molecule has 2 aromatic heterocycles. The standard InChI is InChI=1S/C13H17N5O/c1-7-11(13(19-3)18(2)17-7)12-15-9(8-4-5-8)6-10(14)16-12/h6,8H,4-5H2,1-3H3,(H2,14,15,16). The van der Waals surface area contributed by atoms with Crippen LogP contribution in [0.2, 0.25) is 0 Å². The van der Waals surface area contributed by atoms with E-state index in [4.69, 9.17) is 10.5 Å². The monoisotopic (exact) mass is 259 g/mol. The molecule has 1 fully saturated rings. The van der Waals surface area contributed by atoms with E-state index in [1.807, 2.05) is 20.0 Å². The van der Waals surface area contributed by atoms with Gasteiger partial charge in [0.2, 0.25) is 5.88 Å². The normalized spacial score (nSPS) is 14.7. The summed E-state index contributed by atoms with van der Waals surface area (Å²) in [4.78, 5) is 8.95. The fourth-order valence-electron chi connectivity index (χ4n) is 2.31. The number of methoxy groups -OCH3 is 1. The van der Waals surface area contributed by atoms with E-state index in [1.165, 1.54) is 12.8 Å². The lowest BCUT2D eigenvalue weighted by atomic mass is 10.2. The molecule has 2 heterocycles. The molecule has 0 unspecified atom stereocenters. The Morgan fingerprint density at radius 2 is 2.11 bits per heavy atom. The van der Waals surface area contributed by atoms with Gasteiger partial charge in [0, 0.05) is 24.7 Å². The van der Waals surface area contributed by atoms with Crippen molar-refractivity contribution in [2.24, 2.45) is 7.05 Å². The zero-order valence-electron chi connectivity index (χ0n) is 11.3. The van der Waals surface area contributed by atoms with Crippen LogP contribution < -0.4 is 10.5 Å². The second-order valence-corrected chi connectivity index (χ2v) is 4.91. The highest BCUT2D eigenvalue weighted by Gasteiger charge is 2.27. The predicted octanol–water partition coefficient (Wildman–Crippen LogP) is 1.65. The smallest absolute Gasteiger partial charge is 0.222 e. The zero-order valence-corrected chi connectivity index (χ0v) is 11.3. The van der Waals surface area contributed by atoms with Crippen LogP contribution in [0, 0.1) is 6.92 Å². The van der Waals surface area contributed by atoms with Crippen molar-refractivity contribution in [1.29, 1.82) is 0 Å². The molecule has 100 valence electrons. The number of ether oxygens (including phenoxy) is 1. The average molecular weight is 259 g/mol.